The maximum atomic E-state index is 8.78. The third-order valence-electron chi connectivity index (χ3n) is 3.15. The minimum atomic E-state index is 0.633. The monoisotopic (exact) mass is 260 g/mol. The van der Waals surface area contributed by atoms with Gasteiger partial charge in [-0.15, -0.1) is 0 Å². The summed E-state index contributed by atoms with van der Waals surface area (Å²) in [4.78, 5) is 4.08. The summed E-state index contributed by atoms with van der Waals surface area (Å²) in [5.41, 5.74) is 9.24. The van der Waals surface area contributed by atoms with Crippen LogP contribution >= 0.6 is 0 Å². The molecule has 0 aliphatic carbocycles. The van der Waals surface area contributed by atoms with Crippen LogP contribution in [0, 0.1) is 11.3 Å². The van der Waals surface area contributed by atoms with Crippen molar-refractivity contribution in [2.75, 3.05) is 11.1 Å². The van der Waals surface area contributed by atoms with Crippen molar-refractivity contribution in [1.29, 1.82) is 5.26 Å². The normalized spacial score (nSPS) is 10.2. The number of nitrogens with one attached hydrogen (secondary N) is 1. The van der Waals surface area contributed by atoms with Gasteiger partial charge < -0.3 is 11.1 Å². The number of hydrogen-bond donors (Lipinski definition) is 2. The van der Waals surface area contributed by atoms with E-state index in [0.29, 0.717) is 11.3 Å². The summed E-state index contributed by atoms with van der Waals surface area (Å²) >= 11 is 0. The summed E-state index contributed by atoms with van der Waals surface area (Å²) < 4.78 is 0. The Labute approximate surface area is 116 Å². The highest BCUT2D eigenvalue weighted by molar-refractivity contribution is 5.99. The Morgan fingerprint density at radius 3 is 2.60 bits per heavy atom. The number of hydrogen-bond acceptors (Lipinski definition) is 4. The van der Waals surface area contributed by atoms with Crippen LogP contribution in [0.15, 0.2) is 54.9 Å². The number of pyridine rings is 1. The largest absolute Gasteiger partial charge is 0.397 e. The fraction of sp³-hybridized carbons (Fsp3) is 0. The number of nitrogens with two attached hydrogens (primary N) is 1. The zero-order valence-electron chi connectivity index (χ0n) is 10.7. The highest BCUT2D eigenvalue weighted by Crippen LogP contribution is 2.30. The molecule has 3 N–H and O–H groups in total. The maximum absolute atomic E-state index is 8.78. The van der Waals surface area contributed by atoms with E-state index in [1.165, 1.54) is 0 Å². The van der Waals surface area contributed by atoms with E-state index in [9.17, 15) is 0 Å². The lowest BCUT2D eigenvalue weighted by atomic mass is 10.1. The number of anilines is 3. The molecule has 0 bridgehead atoms. The summed E-state index contributed by atoms with van der Waals surface area (Å²) in [5.74, 6) is 0. The summed E-state index contributed by atoms with van der Waals surface area (Å²) in [6, 6.07) is 15.1. The van der Waals surface area contributed by atoms with Crippen molar-refractivity contribution < 1.29 is 0 Å². The molecular weight excluding hydrogens is 248 g/mol. The predicted octanol–water partition coefficient (Wildman–Crippen LogP) is 3.43. The summed E-state index contributed by atoms with van der Waals surface area (Å²) in [7, 11) is 0. The Morgan fingerprint density at radius 1 is 1.05 bits per heavy atom. The van der Waals surface area contributed by atoms with Gasteiger partial charge in [-0.3, -0.25) is 4.98 Å². The Hall–Kier alpha value is -3.06. The molecule has 0 aliphatic heterocycles. The van der Waals surface area contributed by atoms with Gasteiger partial charge in [0.1, 0.15) is 0 Å². The smallest absolute Gasteiger partial charge is 0.0991 e. The van der Waals surface area contributed by atoms with Crippen LogP contribution in [0.3, 0.4) is 0 Å². The second-order valence-corrected chi connectivity index (χ2v) is 4.44. The Morgan fingerprint density at radius 2 is 1.85 bits per heavy atom. The van der Waals surface area contributed by atoms with E-state index in [0.717, 1.165) is 22.1 Å². The fourth-order valence-corrected chi connectivity index (χ4v) is 2.09. The minimum Gasteiger partial charge on any atom is -0.397 e. The zero-order chi connectivity index (χ0) is 13.9. The van der Waals surface area contributed by atoms with Gasteiger partial charge in [0, 0.05) is 28.9 Å². The van der Waals surface area contributed by atoms with Crippen LogP contribution in [0.4, 0.5) is 17.1 Å². The van der Waals surface area contributed by atoms with Crippen LogP contribution in [0.25, 0.3) is 10.8 Å². The number of benzene rings is 2. The molecule has 96 valence electrons. The van der Waals surface area contributed by atoms with Gasteiger partial charge in [0.15, 0.2) is 0 Å². The van der Waals surface area contributed by atoms with Crippen molar-refractivity contribution in [3.63, 3.8) is 0 Å². The molecule has 0 saturated heterocycles. The van der Waals surface area contributed by atoms with Crippen molar-refractivity contribution in [1.82, 2.24) is 4.98 Å². The van der Waals surface area contributed by atoms with Gasteiger partial charge in [0.25, 0.3) is 0 Å². The van der Waals surface area contributed by atoms with Crippen LogP contribution in [0.1, 0.15) is 5.56 Å². The van der Waals surface area contributed by atoms with E-state index >= 15 is 0 Å². The van der Waals surface area contributed by atoms with Gasteiger partial charge in [0.05, 0.1) is 23.0 Å². The Bertz CT molecular complexity index is 801. The van der Waals surface area contributed by atoms with Gasteiger partial charge in [-0.05, 0) is 36.4 Å². The molecule has 0 fully saturated rings. The standard InChI is InChI=1S/C16H12N4/c17-9-11-1-4-13(5-2-11)20-15-6-3-12-10-19-8-7-14(12)16(15)18/h1-8,10,20H,18H2. The van der Waals surface area contributed by atoms with E-state index in [2.05, 4.69) is 16.4 Å². The van der Waals surface area contributed by atoms with Crippen molar-refractivity contribution in [3.8, 4) is 6.07 Å². The predicted molar refractivity (Wildman–Crippen MR) is 80.6 cm³/mol. The molecule has 20 heavy (non-hydrogen) atoms. The second kappa shape index (κ2) is 4.90. The number of nitrogens with zero attached hydrogens (tertiary/aromatic N) is 2. The quantitative estimate of drug-likeness (QED) is 0.692. The van der Waals surface area contributed by atoms with E-state index in [-0.39, 0.29) is 0 Å². The fourth-order valence-electron chi connectivity index (χ4n) is 2.09. The molecule has 0 saturated carbocycles. The highest BCUT2D eigenvalue weighted by Gasteiger charge is 2.04. The lowest BCUT2D eigenvalue weighted by molar-refractivity contribution is 1.36. The van der Waals surface area contributed by atoms with Crippen LogP contribution in [0.2, 0.25) is 0 Å². The molecule has 0 unspecified atom stereocenters. The molecule has 0 amide bonds. The SMILES string of the molecule is N#Cc1ccc(Nc2ccc3cnccc3c2N)cc1. The van der Waals surface area contributed by atoms with Crippen molar-refractivity contribution >= 4 is 27.8 Å². The van der Waals surface area contributed by atoms with Crippen LogP contribution in [-0.4, -0.2) is 4.98 Å². The average Bonchev–Trinajstić information content (AvgIpc) is 2.51. The first kappa shape index (κ1) is 12.0. The topological polar surface area (TPSA) is 74.7 Å². The van der Waals surface area contributed by atoms with Gasteiger partial charge in [-0.2, -0.15) is 5.26 Å². The van der Waals surface area contributed by atoms with E-state index in [4.69, 9.17) is 11.0 Å². The van der Waals surface area contributed by atoms with Gasteiger partial charge in [-0.1, -0.05) is 6.07 Å². The second-order valence-electron chi connectivity index (χ2n) is 4.44. The number of fused-ring (bicyclic) bond motifs is 1. The molecular formula is C16H12N4. The number of nitriles is 1. The molecule has 4 heteroatoms. The molecule has 1 aromatic heterocycles. The third kappa shape index (κ3) is 2.13. The number of nitrogen functional groups attached to an aromatic ring is 1. The van der Waals surface area contributed by atoms with Gasteiger partial charge in [-0.25, -0.2) is 0 Å². The van der Waals surface area contributed by atoms with Crippen molar-refractivity contribution in [2.45, 2.75) is 0 Å². The molecule has 0 atom stereocenters. The van der Waals surface area contributed by atoms with Gasteiger partial charge in [0.2, 0.25) is 0 Å². The molecule has 3 rings (SSSR count). The highest BCUT2D eigenvalue weighted by atomic mass is 14.9. The first-order valence-corrected chi connectivity index (χ1v) is 6.17. The molecule has 0 radical (unpaired) electrons. The third-order valence-corrected chi connectivity index (χ3v) is 3.15. The molecule has 3 aromatic rings. The van der Waals surface area contributed by atoms with Crippen LogP contribution in [0.5, 0.6) is 0 Å². The molecule has 1 heterocycles. The van der Waals surface area contributed by atoms with Crippen LogP contribution in [-0.2, 0) is 0 Å². The van der Waals surface area contributed by atoms with E-state index in [1.807, 2.05) is 30.3 Å². The first-order valence-electron chi connectivity index (χ1n) is 6.17. The summed E-state index contributed by atoms with van der Waals surface area (Å²) in [6.07, 6.45) is 3.52. The average molecular weight is 260 g/mol. The first-order chi connectivity index (χ1) is 9.78. The summed E-state index contributed by atoms with van der Waals surface area (Å²) in [6.45, 7) is 0. The molecule has 4 nitrogen and oxygen atoms in total. The molecule has 0 spiro atoms. The maximum Gasteiger partial charge on any atom is 0.0991 e. The summed E-state index contributed by atoms with van der Waals surface area (Å²) in [5, 5.41) is 14.0. The van der Waals surface area contributed by atoms with Crippen molar-refractivity contribution in [2.24, 2.45) is 0 Å². The number of aromatic nitrogens is 1. The van der Waals surface area contributed by atoms with E-state index in [1.54, 1.807) is 24.5 Å². The lowest BCUT2D eigenvalue weighted by Gasteiger charge is -2.11. The van der Waals surface area contributed by atoms with Crippen LogP contribution < -0.4 is 11.1 Å². The molecule has 2 aromatic carbocycles. The Balaban J connectivity index is 1.98. The lowest BCUT2D eigenvalue weighted by Crippen LogP contribution is -1.97. The minimum absolute atomic E-state index is 0.633. The van der Waals surface area contributed by atoms with E-state index < -0.39 is 0 Å². The Kier molecular flexibility index (Phi) is 2.94. The van der Waals surface area contributed by atoms with Gasteiger partial charge >= 0.3 is 0 Å². The zero-order valence-corrected chi connectivity index (χ0v) is 10.7. The molecule has 0 aliphatic rings. The van der Waals surface area contributed by atoms with Crippen molar-refractivity contribution in [3.05, 3.63) is 60.4 Å². The number of rotatable bonds is 2.